The van der Waals surface area contributed by atoms with Crippen molar-refractivity contribution in [2.45, 2.75) is 0 Å². The molecule has 24 heavy (non-hydrogen) atoms. The summed E-state index contributed by atoms with van der Waals surface area (Å²) in [5.41, 5.74) is 0. The van der Waals surface area contributed by atoms with Crippen molar-refractivity contribution in [2.75, 3.05) is 14.1 Å². The molecule has 13 N–H and O–H groups in total. The Morgan fingerprint density at radius 1 is 0.500 bits per heavy atom. The van der Waals surface area contributed by atoms with Gasteiger partial charge in [-0.15, -0.1) is 0 Å². The molecular formula is C2H19AlB5NO15. The molecule has 0 bridgehead atoms. The van der Waals surface area contributed by atoms with Crippen LogP contribution in [0.1, 0.15) is 0 Å². The third-order valence-corrected chi connectivity index (χ3v) is 0. The quantitative estimate of drug-likeness (QED) is 0.174. The number of rotatable bonds is 0. The standard InChI is InChI=1S/C2H7N.Al.4BH3O3.BO3/c1-3-2;;5*2-1(3)4/h3H,1-2H3;;4*2-4H;/q;+3;;;;;-3. The van der Waals surface area contributed by atoms with Crippen molar-refractivity contribution in [1.82, 2.24) is 5.32 Å². The second kappa shape index (κ2) is 43.6. The third-order valence-electron chi connectivity index (χ3n) is 0. The zero-order valence-corrected chi connectivity index (χ0v) is 13.7. The Hall–Kier alpha value is 0.217. The first kappa shape index (κ1) is 44.0. The maximum atomic E-state index is 8.42. The van der Waals surface area contributed by atoms with Gasteiger partial charge in [0, 0.05) is 0 Å². The van der Waals surface area contributed by atoms with E-state index in [0.717, 1.165) is 0 Å². The summed E-state index contributed by atoms with van der Waals surface area (Å²) in [6, 6.07) is 0. The Balaban J connectivity index is -0.0000000287. The molecule has 0 fully saturated rings. The molecule has 0 heterocycles. The van der Waals surface area contributed by atoms with Gasteiger partial charge < -0.3 is 80.7 Å². The fraction of sp³-hybridized carbons (Fsp3) is 1.00. The van der Waals surface area contributed by atoms with E-state index in [2.05, 4.69) is 5.32 Å². The van der Waals surface area contributed by atoms with Crippen LogP contribution < -0.4 is 20.4 Å². The minimum absolute atomic E-state index is 0. The van der Waals surface area contributed by atoms with Crippen LogP contribution >= 0.6 is 0 Å². The maximum Gasteiger partial charge on any atom is 3.00 e. The van der Waals surface area contributed by atoms with E-state index in [4.69, 9.17) is 75.4 Å². The van der Waals surface area contributed by atoms with E-state index < -0.39 is 36.6 Å². The summed E-state index contributed by atoms with van der Waals surface area (Å²) in [7, 11) is -7.83. The molecule has 0 aliphatic heterocycles. The van der Waals surface area contributed by atoms with Crippen molar-refractivity contribution < 1.29 is 75.4 Å². The molecule has 16 nitrogen and oxygen atoms in total. The first-order valence-electron chi connectivity index (χ1n) is 4.81. The largest absolute Gasteiger partial charge is 3.00 e. The van der Waals surface area contributed by atoms with Crippen LogP contribution in [0.15, 0.2) is 0 Å². The van der Waals surface area contributed by atoms with Crippen LogP contribution in [0.25, 0.3) is 0 Å². The molecule has 0 spiro atoms. The molecule has 0 unspecified atom stereocenters. The van der Waals surface area contributed by atoms with Crippen LogP contribution in [0.2, 0.25) is 0 Å². The van der Waals surface area contributed by atoms with Gasteiger partial charge in [-0.3, -0.25) is 7.32 Å². The van der Waals surface area contributed by atoms with E-state index in [0.29, 0.717) is 0 Å². The Kier molecular flexibility index (Phi) is 80.0. The molecule has 0 aromatic heterocycles. The number of nitrogens with one attached hydrogen (secondary N) is 1. The summed E-state index contributed by atoms with van der Waals surface area (Å²) in [4.78, 5) is 0. The summed E-state index contributed by atoms with van der Waals surface area (Å²) < 4.78 is 0. The van der Waals surface area contributed by atoms with Crippen LogP contribution in [0.3, 0.4) is 0 Å². The predicted octanol–water partition coefficient (Wildman–Crippen LogP) is -12.7. The Morgan fingerprint density at radius 3 is 0.500 bits per heavy atom. The van der Waals surface area contributed by atoms with Crippen molar-refractivity contribution in [3.8, 4) is 0 Å². The van der Waals surface area contributed by atoms with E-state index >= 15 is 0 Å². The molecule has 22 heteroatoms. The van der Waals surface area contributed by atoms with Gasteiger partial charge in [-0.05, 0) is 14.1 Å². The van der Waals surface area contributed by atoms with Crippen LogP contribution in [0.5, 0.6) is 0 Å². The summed E-state index contributed by atoms with van der Waals surface area (Å²) in [6.07, 6.45) is 0. The Bertz CT molecular complexity index is 107. The first-order chi connectivity index (χ1) is 10.1. The third kappa shape index (κ3) is 212000. The zero-order valence-electron chi connectivity index (χ0n) is 12.6. The SMILES string of the molecule is CNC.OB(O)O.OB(O)O.OB(O)O.OB(O)O.[Al+3].[O-]B([O-])[O-]. The van der Waals surface area contributed by atoms with Gasteiger partial charge in [0.15, 0.2) is 0 Å². The van der Waals surface area contributed by atoms with E-state index in [9.17, 15) is 0 Å². The minimum Gasteiger partial charge on any atom is -0.907 e. The maximum absolute atomic E-state index is 8.42. The van der Waals surface area contributed by atoms with Crippen LogP contribution in [0.4, 0.5) is 0 Å². The molecule has 0 aliphatic rings. The molecule has 140 valence electrons. The van der Waals surface area contributed by atoms with Gasteiger partial charge in [-0.1, -0.05) is 0 Å². The van der Waals surface area contributed by atoms with Crippen LogP contribution in [-0.4, -0.2) is 128 Å². The summed E-state index contributed by atoms with van der Waals surface area (Å²) in [5.74, 6) is 0. The van der Waals surface area contributed by atoms with Gasteiger partial charge in [0.2, 0.25) is 0 Å². The normalized spacial score (nSPS) is 6.38. The van der Waals surface area contributed by atoms with E-state index in [-0.39, 0.29) is 17.4 Å². The van der Waals surface area contributed by atoms with E-state index in [1.807, 2.05) is 14.1 Å². The van der Waals surface area contributed by atoms with Gasteiger partial charge in [0.1, 0.15) is 0 Å². The van der Waals surface area contributed by atoms with Crippen molar-refractivity contribution >= 4 is 54.0 Å². The summed E-state index contributed by atoms with van der Waals surface area (Å²) in [5, 5.41) is 114. The Labute approximate surface area is 149 Å². The van der Waals surface area contributed by atoms with Gasteiger partial charge in [-0.2, -0.15) is 0 Å². The van der Waals surface area contributed by atoms with E-state index in [1.54, 1.807) is 0 Å². The van der Waals surface area contributed by atoms with E-state index in [1.165, 1.54) is 0 Å². The molecule has 0 rings (SSSR count). The van der Waals surface area contributed by atoms with Crippen molar-refractivity contribution in [3.05, 3.63) is 0 Å². The van der Waals surface area contributed by atoms with Crippen molar-refractivity contribution in [3.63, 3.8) is 0 Å². The number of hydrogen-bond acceptors (Lipinski definition) is 16. The Morgan fingerprint density at radius 2 is 0.500 bits per heavy atom. The number of hydrogen-bond donors (Lipinski definition) is 13. The topological polar surface area (TPSA) is 324 Å². The molecule has 0 aliphatic carbocycles. The predicted molar refractivity (Wildman–Crippen MR) is 76.1 cm³/mol. The fourth-order valence-electron chi connectivity index (χ4n) is 0. The summed E-state index contributed by atoms with van der Waals surface area (Å²) in [6.45, 7) is 0. The van der Waals surface area contributed by atoms with Crippen molar-refractivity contribution in [2.24, 2.45) is 0 Å². The minimum atomic E-state index is -2.92. The molecule has 0 saturated heterocycles. The first-order valence-corrected chi connectivity index (χ1v) is 4.81. The van der Waals surface area contributed by atoms with Gasteiger partial charge in [-0.25, -0.2) is 0 Å². The average Bonchev–Trinajstić information content (AvgIpc) is 2.11. The van der Waals surface area contributed by atoms with Gasteiger partial charge in [0.05, 0.1) is 0 Å². The molecule has 0 aromatic carbocycles. The molecule has 0 aromatic rings. The second-order valence-corrected chi connectivity index (χ2v) is 2.17. The second-order valence-electron chi connectivity index (χ2n) is 2.17. The van der Waals surface area contributed by atoms with Crippen LogP contribution in [-0.2, 0) is 0 Å². The summed E-state index contributed by atoms with van der Waals surface area (Å²) >= 11 is 0. The molecule has 0 amide bonds. The van der Waals surface area contributed by atoms with Gasteiger partial charge in [0.25, 0.3) is 0 Å². The average molecular weight is 378 g/mol. The van der Waals surface area contributed by atoms with Crippen LogP contribution in [0, 0.1) is 0 Å². The fourth-order valence-corrected chi connectivity index (χ4v) is 0. The molecular weight excluding hydrogens is 359 g/mol. The zero-order chi connectivity index (χ0) is 20.6. The monoisotopic (exact) mass is 379 g/mol. The molecule has 0 saturated carbocycles. The smallest absolute Gasteiger partial charge is 0.907 e. The van der Waals surface area contributed by atoms with Gasteiger partial charge >= 0.3 is 46.6 Å². The molecule has 0 atom stereocenters. The van der Waals surface area contributed by atoms with Crippen molar-refractivity contribution in [1.29, 1.82) is 0 Å². The molecule has 0 radical (unpaired) electrons.